The zero-order chi connectivity index (χ0) is 19.9. The van der Waals surface area contributed by atoms with Crippen LogP contribution in [0.5, 0.6) is 0 Å². The molecule has 0 heterocycles. The third kappa shape index (κ3) is 6.55. The van der Waals surface area contributed by atoms with Gasteiger partial charge >= 0.3 is 6.03 Å². The predicted molar refractivity (Wildman–Crippen MR) is 104 cm³/mol. The van der Waals surface area contributed by atoms with Crippen molar-refractivity contribution in [3.8, 4) is 0 Å². The Morgan fingerprint density at radius 2 is 1.63 bits per heavy atom. The lowest BCUT2D eigenvalue weighted by Crippen LogP contribution is -2.27. The molecule has 0 atom stereocenters. The highest BCUT2D eigenvalue weighted by Gasteiger charge is 2.14. The Morgan fingerprint density at radius 1 is 1.00 bits per heavy atom. The van der Waals surface area contributed by atoms with Crippen molar-refractivity contribution in [1.82, 2.24) is 10.0 Å². The first-order valence-corrected chi connectivity index (χ1v) is 9.80. The fraction of sp³-hybridized carbons (Fsp3) is 0.176. The number of rotatable bonds is 7. The van der Waals surface area contributed by atoms with Crippen LogP contribution in [0.1, 0.15) is 6.42 Å². The summed E-state index contributed by atoms with van der Waals surface area (Å²) in [7, 11) is -2.23. The lowest BCUT2D eigenvalue weighted by Gasteiger charge is -2.09. The molecule has 0 aromatic heterocycles. The minimum absolute atomic E-state index is 0.0367. The molecule has 0 aliphatic carbocycles. The minimum atomic E-state index is -3.73. The number of urea groups is 1. The molecular formula is C17H19ClN4O4S. The van der Waals surface area contributed by atoms with Crippen LogP contribution in [0.3, 0.4) is 0 Å². The maximum absolute atomic E-state index is 12.1. The van der Waals surface area contributed by atoms with Gasteiger partial charge in [0.15, 0.2) is 0 Å². The predicted octanol–water partition coefficient (Wildman–Crippen LogP) is 2.40. The van der Waals surface area contributed by atoms with Gasteiger partial charge in [-0.05, 0) is 42.5 Å². The number of sulfonamides is 1. The average Bonchev–Trinajstić information content (AvgIpc) is 2.63. The normalized spacial score (nSPS) is 10.9. The quantitative estimate of drug-likeness (QED) is 0.560. The van der Waals surface area contributed by atoms with Crippen LogP contribution in [0.25, 0.3) is 0 Å². The lowest BCUT2D eigenvalue weighted by atomic mass is 10.2. The van der Waals surface area contributed by atoms with Gasteiger partial charge in [-0.15, -0.1) is 0 Å². The number of hydrogen-bond acceptors (Lipinski definition) is 4. The van der Waals surface area contributed by atoms with E-state index in [1.807, 2.05) is 0 Å². The minimum Gasteiger partial charge on any atom is -0.341 e. The molecule has 2 aromatic rings. The molecule has 27 heavy (non-hydrogen) atoms. The van der Waals surface area contributed by atoms with Gasteiger partial charge in [-0.3, -0.25) is 4.79 Å². The summed E-state index contributed by atoms with van der Waals surface area (Å²) in [6.07, 6.45) is -0.0436. The number of nitrogens with one attached hydrogen (secondary N) is 4. The van der Waals surface area contributed by atoms with Crippen molar-refractivity contribution in [2.24, 2.45) is 0 Å². The van der Waals surface area contributed by atoms with E-state index >= 15 is 0 Å². The van der Waals surface area contributed by atoms with Gasteiger partial charge in [-0.1, -0.05) is 17.7 Å². The summed E-state index contributed by atoms with van der Waals surface area (Å²) in [6.45, 7) is -0.0585. The Hall–Kier alpha value is -2.62. The Bertz CT molecular complexity index is 917. The summed E-state index contributed by atoms with van der Waals surface area (Å²) >= 11 is 5.79. The molecule has 0 fully saturated rings. The van der Waals surface area contributed by atoms with Gasteiger partial charge in [-0.2, -0.15) is 0 Å². The van der Waals surface area contributed by atoms with E-state index in [4.69, 9.17) is 11.6 Å². The molecule has 0 radical (unpaired) electrons. The molecule has 10 heteroatoms. The standard InChI is InChI=1S/C17H19ClN4O4S/c1-19-17(24)22-14-7-5-13(6-8-14)21-16(23)9-10-20-27(25,26)15-4-2-3-12(18)11-15/h2-8,11,20H,9-10H2,1H3,(H,21,23)(H2,19,22,24). The molecule has 0 aliphatic rings. The lowest BCUT2D eigenvalue weighted by molar-refractivity contribution is -0.116. The van der Waals surface area contributed by atoms with Crippen LogP contribution in [0.15, 0.2) is 53.4 Å². The van der Waals surface area contributed by atoms with Gasteiger partial charge in [0.05, 0.1) is 4.90 Å². The van der Waals surface area contributed by atoms with Gasteiger partial charge in [-0.25, -0.2) is 17.9 Å². The van der Waals surface area contributed by atoms with E-state index in [1.54, 1.807) is 30.3 Å². The topological polar surface area (TPSA) is 116 Å². The van der Waals surface area contributed by atoms with E-state index in [0.29, 0.717) is 16.4 Å². The first kappa shape index (κ1) is 20.7. The van der Waals surface area contributed by atoms with Crippen LogP contribution in [-0.2, 0) is 14.8 Å². The van der Waals surface area contributed by atoms with Crippen LogP contribution in [0.4, 0.5) is 16.2 Å². The molecule has 3 amide bonds. The van der Waals surface area contributed by atoms with Crippen molar-refractivity contribution in [2.75, 3.05) is 24.2 Å². The molecule has 2 rings (SSSR count). The number of carbonyl (C=O) groups is 2. The monoisotopic (exact) mass is 410 g/mol. The number of benzene rings is 2. The van der Waals surface area contributed by atoms with E-state index in [0.717, 1.165) is 0 Å². The smallest absolute Gasteiger partial charge is 0.318 e. The first-order valence-electron chi connectivity index (χ1n) is 7.94. The summed E-state index contributed by atoms with van der Waals surface area (Å²) in [6, 6.07) is 12.0. The molecular weight excluding hydrogens is 392 g/mol. The van der Waals surface area contributed by atoms with Gasteiger partial charge in [0.1, 0.15) is 0 Å². The maximum Gasteiger partial charge on any atom is 0.318 e. The van der Waals surface area contributed by atoms with E-state index in [9.17, 15) is 18.0 Å². The zero-order valence-corrected chi connectivity index (χ0v) is 16.0. The second-order valence-electron chi connectivity index (χ2n) is 5.43. The summed E-state index contributed by atoms with van der Waals surface area (Å²) < 4.78 is 26.6. The summed E-state index contributed by atoms with van der Waals surface area (Å²) in [5.74, 6) is -0.351. The summed E-state index contributed by atoms with van der Waals surface area (Å²) in [4.78, 5) is 23.2. The van der Waals surface area contributed by atoms with Gasteiger partial charge < -0.3 is 16.0 Å². The van der Waals surface area contributed by atoms with Crippen molar-refractivity contribution in [3.63, 3.8) is 0 Å². The van der Waals surface area contributed by atoms with Gasteiger partial charge in [0.25, 0.3) is 0 Å². The highest BCUT2D eigenvalue weighted by atomic mass is 35.5. The molecule has 0 aliphatic heterocycles. The molecule has 144 valence electrons. The van der Waals surface area contributed by atoms with Crippen molar-refractivity contribution in [3.05, 3.63) is 53.6 Å². The van der Waals surface area contributed by atoms with Crippen LogP contribution in [0, 0.1) is 0 Å². The molecule has 0 unspecified atom stereocenters. The second-order valence-corrected chi connectivity index (χ2v) is 7.64. The number of anilines is 2. The second kappa shape index (κ2) is 9.36. The fourth-order valence-corrected chi connectivity index (χ4v) is 3.40. The van der Waals surface area contributed by atoms with Gasteiger partial charge in [0.2, 0.25) is 15.9 Å². The fourth-order valence-electron chi connectivity index (χ4n) is 2.07. The molecule has 4 N–H and O–H groups in total. The van der Waals surface area contributed by atoms with E-state index < -0.39 is 10.0 Å². The molecule has 0 bridgehead atoms. The Morgan fingerprint density at radius 3 is 2.22 bits per heavy atom. The Labute approximate surface area is 162 Å². The highest BCUT2D eigenvalue weighted by molar-refractivity contribution is 7.89. The number of amides is 3. The molecule has 0 spiro atoms. The summed E-state index contributed by atoms with van der Waals surface area (Å²) in [5, 5.41) is 7.98. The largest absolute Gasteiger partial charge is 0.341 e. The third-order valence-corrected chi connectivity index (χ3v) is 5.10. The van der Waals surface area contributed by atoms with Gasteiger partial charge in [0, 0.05) is 36.4 Å². The van der Waals surface area contributed by atoms with Crippen molar-refractivity contribution >= 4 is 44.9 Å². The molecule has 0 saturated heterocycles. The van der Waals surface area contributed by atoms with Crippen LogP contribution in [-0.4, -0.2) is 33.9 Å². The van der Waals surface area contributed by atoms with E-state index in [2.05, 4.69) is 20.7 Å². The van der Waals surface area contributed by atoms with E-state index in [1.165, 1.54) is 25.2 Å². The number of hydrogen-bond donors (Lipinski definition) is 4. The van der Waals surface area contributed by atoms with Crippen molar-refractivity contribution < 1.29 is 18.0 Å². The maximum atomic E-state index is 12.1. The molecule has 8 nitrogen and oxygen atoms in total. The third-order valence-electron chi connectivity index (χ3n) is 3.40. The van der Waals surface area contributed by atoms with Crippen LogP contribution >= 0.6 is 11.6 Å². The SMILES string of the molecule is CNC(=O)Nc1ccc(NC(=O)CCNS(=O)(=O)c2cccc(Cl)c2)cc1. The molecule has 0 saturated carbocycles. The summed E-state index contributed by atoms with van der Waals surface area (Å²) in [5.41, 5.74) is 1.10. The van der Waals surface area contributed by atoms with Crippen molar-refractivity contribution in [2.45, 2.75) is 11.3 Å². The van der Waals surface area contributed by atoms with Crippen LogP contribution < -0.4 is 20.7 Å². The first-order chi connectivity index (χ1) is 12.8. The Balaban J connectivity index is 1.83. The van der Waals surface area contributed by atoms with Crippen LogP contribution in [0.2, 0.25) is 5.02 Å². The van der Waals surface area contributed by atoms with E-state index in [-0.39, 0.29) is 29.8 Å². The number of carbonyl (C=O) groups excluding carboxylic acids is 2. The zero-order valence-electron chi connectivity index (χ0n) is 14.5. The number of halogens is 1. The highest BCUT2D eigenvalue weighted by Crippen LogP contribution is 2.15. The molecule has 2 aromatic carbocycles. The van der Waals surface area contributed by atoms with Crippen molar-refractivity contribution in [1.29, 1.82) is 0 Å². The average molecular weight is 411 g/mol. The Kier molecular flexibility index (Phi) is 7.17.